The van der Waals surface area contributed by atoms with Crippen LogP contribution < -0.4 is 10.2 Å². The molecule has 3 amide bonds. The van der Waals surface area contributed by atoms with E-state index in [4.69, 9.17) is 0 Å². The van der Waals surface area contributed by atoms with Crippen molar-refractivity contribution >= 4 is 34.2 Å². The zero-order valence-electron chi connectivity index (χ0n) is 20.1. The fourth-order valence-electron chi connectivity index (χ4n) is 5.29. The molecule has 5 rings (SSSR count). The molecule has 180 valence electrons. The summed E-state index contributed by atoms with van der Waals surface area (Å²) >= 11 is 0. The normalized spacial score (nSPS) is 16.4. The van der Waals surface area contributed by atoms with Crippen LogP contribution in [0.3, 0.4) is 0 Å². The number of hydrogen-bond donors (Lipinski definition) is 1. The summed E-state index contributed by atoms with van der Waals surface area (Å²) in [7, 11) is 0. The van der Waals surface area contributed by atoms with Gasteiger partial charge in [-0.05, 0) is 42.8 Å². The first-order valence-electron chi connectivity index (χ1n) is 12.5. The van der Waals surface area contributed by atoms with Gasteiger partial charge in [-0.25, -0.2) is 0 Å². The second kappa shape index (κ2) is 9.90. The van der Waals surface area contributed by atoms with Gasteiger partial charge >= 0.3 is 0 Å². The van der Waals surface area contributed by atoms with Gasteiger partial charge in [0.15, 0.2) is 0 Å². The second-order valence-corrected chi connectivity index (χ2v) is 9.60. The van der Waals surface area contributed by atoms with Crippen LogP contribution >= 0.6 is 0 Å². The molecule has 1 atom stereocenters. The molecular weight excluding hydrogens is 438 g/mol. The SMILES string of the molecule is CC(C(=O)NC1CCCCC1)N(Cc1ccccc1)C(=O)CN1C(=O)c2cccc3cccc1c23. The van der Waals surface area contributed by atoms with Crippen LogP contribution in [0.5, 0.6) is 0 Å². The van der Waals surface area contributed by atoms with Crippen LogP contribution in [0.2, 0.25) is 0 Å². The number of carbonyl (C=O) groups is 3. The third-order valence-corrected chi connectivity index (χ3v) is 7.26. The van der Waals surface area contributed by atoms with Crippen molar-refractivity contribution in [1.82, 2.24) is 10.2 Å². The van der Waals surface area contributed by atoms with Crippen LogP contribution in [-0.4, -0.2) is 41.2 Å². The average Bonchev–Trinajstić information content (AvgIpc) is 3.16. The first kappa shape index (κ1) is 23.1. The lowest BCUT2D eigenvalue weighted by Gasteiger charge is -2.32. The van der Waals surface area contributed by atoms with Gasteiger partial charge in [-0.1, -0.05) is 73.9 Å². The summed E-state index contributed by atoms with van der Waals surface area (Å²) in [5.74, 6) is -0.568. The molecule has 0 bridgehead atoms. The largest absolute Gasteiger partial charge is 0.352 e. The summed E-state index contributed by atoms with van der Waals surface area (Å²) in [5, 5.41) is 5.02. The maximum absolute atomic E-state index is 13.7. The molecule has 0 saturated heterocycles. The Morgan fingerprint density at radius 2 is 1.69 bits per heavy atom. The van der Waals surface area contributed by atoms with Gasteiger partial charge in [0.25, 0.3) is 5.91 Å². The molecule has 1 heterocycles. The number of rotatable bonds is 7. The van der Waals surface area contributed by atoms with E-state index in [2.05, 4.69) is 5.32 Å². The first-order valence-corrected chi connectivity index (χ1v) is 12.5. The van der Waals surface area contributed by atoms with Crippen molar-refractivity contribution in [2.75, 3.05) is 11.4 Å². The van der Waals surface area contributed by atoms with Gasteiger partial charge < -0.3 is 10.2 Å². The van der Waals surface area contributed by atoms with Gasteiger partial charge in [-0.3, -0.25) is 19.3 Å². The number of hydrogen-bond acceptors (Lipinski definition) is 3. The third kappa shape index (κ3) is 4.65. The predicted molar refractivity (Wildman–Crippen MR) is 137 cm³/mol. The smallest absolute Gasteiger partial charge is 0.259 e. The highest BCUT2D eigenvalue weighted by molar-refractivity contribution is 6.26. The van der Waals surface area contributed by atoms with Crippen LogP contribution in [0.15, 0.2) is 66.7 Å². The molecule has 1 saturated carbocycles. The predicted octanol–water partition coefficient (Wildman–Crippen LogP) is 4.67. The fourth-order valence-corrected chi connectivity index (χ4v) is 5.29. The molecule has 0 radical (unpaired) electrons. The highest BCUT2D eigenvalue weighted by atomic mass is 16.2. The van der Waals surface area contributed by atoms with Crippen LogP contribution in [0, 0.1) is 0 Å². The number of amides is 3. The molecular formula is C29H31N3O3. The van der Waals surface area contributed by atoms with Crippen LogP contribution in [-0.2, 0) is 16.1 Å². The third-order valence-electron chi connectivity index (χ3n) is 7.26. The molecule has 1 fully saturated rings. The van der Waals surface area contributed by atoms with Crippen molar-refractivity contribution in [2.24, 2.45) is 0 Å². The van der Waals surface area contributed by atoms with Gasteiger partial charge in [0.05, 0.1) is 5.69 Å². The monoisotopic (exact) mass is 469 g/mol. The summed E-state index contributed by atoms with van der Waals surface area (Å²) in [4.78, 5) is 43.3. The fraction of sp³-hybridized carbons (Fsp3) is 0.345. The molecule has 1 unspecified atom stereocenters. The Morgan fingerprint density at radius 3 is 2.43 bits per heavy atom. The first-order chi connectivity index (χ1) is 17.0. The Hall–Kier alpha value is -3.67. The van der Waals surface area contributed by atoms with Gasteiger partial charge in [0.2, 0.25) is 11.8 Å². The topological polar surface area (TPSA) is 69.7 Å². The second-order valence-electron chi connectivity index (χ2n) is 9.60. The van der Waals surface area contributed by atoms with E-state index in [9.17, 15) is 14.4 Å². The molecule has 6 nitrogen and oxygen atoms in total. The van der Waals surface area contributed by atoms with E-state index >= 15 is 0 Å². The van der Waals surface area contributed by atoms with E-state index in [0.29, 0.717) is 12.1 Å². The van der Waals surface area contributed by atoms with E-state index in [1.54, 1.807) is 22.8 Å². The summed E-state index contributed by atoms with van der Waals surface area (Å²) in [6.07, 6.45) is 5.41. The van der Waals surface area contributed by atoms with Gasteiger partial charge in [-0.15, -0.1) is 0 Å². The maximum Gasteiger partial charge on any atom is 0.259 e. The molecule has 0 spiro atoms. The van der Waals surface area contributed by atoms with Crippen molar-refractivity contribution in [3.05, 3.63) is 77.9 Å². The Bertz CT molecular complexity index is 1250. The molecule has 3 aromatic carbocycles. The Labute approximate surface area is 205 Å². The molecule has 1 N–H and O–H groups in total. The number of anilines is 1. The van der Waals surface area contributed by atoms with Crippen LogP contribution in [0.1, 0.15) is 54.9 Å². The highest BCUT2D eigenvalue weighted by Gasteiger charge is 2.34. The van der Waals surface area contributed by atoms with Crippen molar-refractivity contribution < 1.29 is 14.4 Å². The van der Waals surface area contributed by atoms with E-state index in [1.165, 1.54) is 6.42 Å². The Morgan fingerprint density at radius 1 is 0.971 bits per heavy atom. The summed E-state index contributed by atoms with van der Waals surface area (Å²) < 4.78 is 0. The number of carbonyl (C=O) groups excluding carboxylic acids is 3. The van der Waals surface area contributed by atoms with Gasteiger partial charge in [0, 0.05) is 23.5 Å². The molecule has 6 heteroatoms. The number of nitrogens with one attached hydrogen (secondary N) is 1. The zero-order valence-corrected chi connectivity index (χ0v) is 20.1. The van der Waals surface area contributed by atoms with Crippen LogP contribution in [0.25, 0.3) is 10.8 Å². The molecule has 1 aliphatic carbocycles. The van der Waals surface area contributed by atoms with Crippen molar-refractivity contribution in [3.8, 4) is 0 Å². The summed E-state index contributed by atoms with van der Waals surface area (Å²) in [6.45, 7) is 1.97. The van der Waals surface area contributed by atoms with E-state index in [1.807, 2.05) is 60.7 Å². The standard InChI is InChI=1S/C29H31N3O3/c1-20(28(34)30-23-14-6-3-7-15-23)31(18-21-10-4-2-5-11-21)26(33)19-32-25-17-9-13-22-12-8-16-24(27(22)25)29(32)35/h2,4-5,8-13,16-17,20,23H,3,6-7,14-15,18-19H2,1H3,(H,30,34). The lowest BCUT2D eigenvalue weighted by molar-refractivity contribution is -0.139. The quantitative estimate of drug-likeness (QED) is 0.547. The summed E-state index contributed by atoms with van der Waals surface area (Å²) in [5.41, 5.74) is 2.30. The number of nitrogens with zero attached hydrogens (tertiary/aromatic N) is 2. The molecule has 35 heavy (non-hydrogen) atoms. The van der Waals surface area contributed by atoms with E-state index in [-0.39, 0.29) is 30.3 Å². The van der Waals surface area contributed by atoms with Crippen molar-refractivity contribution in [2.45, 2.75) is 57.7 Å². The van der Waals surface area contributed by atoms with Crippen molar-refractivity contribution in [3.63, 3.8) is 0 Å². The summed E-state index contributed by atoms with van der Waals surface area (Å²) in [6, 6.07) is 20.6. The Kier molecular flexibility index (Phi) is 6.53. The van der Waals surface area contributed by atoms with Gasteiger partial charge in [0.1, 0.15) is 12.6 Å². The lowest BCUT2D eigenvalue weighted by Crippen LogP contribution is -2.52. The van der Waals surface area contributed by atoms with E-state index < -0.39 is 6.04 Å². The van der Waals surface area contributed by atoms with E-state index in [0.717, 1.165) is 47.7 Å². The Balaban J connectivity index is 1.38. The molecule has 1 aliphatic heterocycles. The number of benzene rings is 3. The minimum absolute atomic E-state index is 0.111. The average molecular weight is 470 g/mol. The minimum Gasteiger partial charge on any atom is -0.352 e. The lowest BCUT2D eigenvalue weighted by atomic mass is 9.95. The van der Waals surface area contributed by atoms with Gasteiger partial charge in [-0.2, -0.15) is 0 Å². The zero-order chi connectivity index (χ0) is 24.4. The molecule has 3 aromatic rings. The van der Waals surface area contributed by atoms with Crippen LogP contribution in [0.4, 0.5) is 5.69 Å². The maximum atomic E-state index is 13.7. The highest BCUT2D eigenvalue weighted by Crippen LogP contribution is 2.37. The minimum atomic E-state index is -0.652. The molecule has 2 aliphatic rings. The molecule has 0 aromatic heterocycles. The van der Waals surface area contributed by atoms with Crippen molar-refractivity contribution in [1.29, 1.82) is 0 Å².